The largest absolute Gasteiger partial charge is 0.508 e. The van der Waals surface area contributed by atoms with E-state index in [1.54, 1.807) is 24.3 Å². The van der Waals surface area contributed by atoms with Crippen molar-refractivity contribution in [2.24, 2.45) is 5.73 Å². The third kappa shape index (κ3) is 3.47. The van der Waals surface area contributed by atoms with Gasteiger partial charge in [-0.05, 0) is 30.5 Å². The molecule has 2 unspecified atom stereocenters. The van der Waals surface area contributed by atoms with Crippen molar-refractivity contribution in [1.82, 2.24) is 5.32 Å². The molecule has 0 radical (unpaired) electrons. The summed E-state index contributed by atoms with van der Waals surface area (Å²) in [5.74, 6) is 0.219. The summed E-state index contributed by atoms with van der Waals surface area (Å²) in [6, 6.07) is 6.90. The predicted molar refractivity (Wildman–Crippen MR) is 70.2 cm³/mol. The van der Waals surface area contributed by atoms with E-state index in [1.165, 1.54) is 0 Å². The van der Waals surface area contributed by atoms with E-state index in [0.29, 0.717) is 6.42 Å². The molecule has 0 spiro atoms. The summed E-state index contributed by atoms with van der Waals surface area (Å²) in [4.78, 5) is 11.9. The van der Waals surface area contributed by atoms with Crippen LogP contribution in [0.15, 0.2) is 24.3 Å². The first kappa shape index (κ1) is 12.9. The summed E-state index contributed by atoms with van der Waals surface area (Å²) in [5.41, 5.74) is 6.89. The van der Waals surface area contributed by atoms with E-state index in [-0.39, 0.29) is 23.7 Å². The van der Waals surface area contributed by atoms with Crippen molar-refractivity contribution >= 4 is 5.91 Å². The molecular weight excluding hydrogens is 228 g/mol. The third-order valence-electron chi connectivity index (χ3n) is 3.47. The highest BCUT2D eigenvalue weighted by molar-refractivity contribution is 5.79. The van der Waals surface area contributed by atoms with Crippen LogP contribution in [0.3, 0.4) is 0 Å². The van der Waals surface area contributed by atoms with Crippen molar-refractivity contribution in [3.05, 3.63) is 29.8 Å². The Morgan fingerprint density at radius 1 is 1.28 bits per heavy atom. The summed E-state index contributed by atoms with van der Waals surface area (Å²) in [6.45, 7) is 0. The molecule has 98 valence electrons. The van der Waals surface area contributed by atoms with Crippen LogP contribution in [0.25, 0.3) is 0 Å². The van der Waals surface area contributed by atoms with E-state index in [0.717, 1.165) is 31.2 Å². The Hall–Kier alpha value is -1.55. The number of rotatable bonds is 3. The highest BCUT2D eigenvalue weighted by Gasteiger charge is 2.23. The number of hydrogen-bond acceptors (Lipinski definition) is 3. The van der Waals surface area contributed by atoms with Gasteiger partial charge in [0.15, 0.2) is 0 Å². The second-order valence-electron chi connectivity index (χ2n) is 4.97. The summed E-state index contributed by atoms with van der Waals surface area (Å²) in [6.07, 6.45) is 4.60. The highest BCUT2D eigenvalue weighted by atomic mass is 16.3. The van der Waals surface area contributed by atoms with Gasteiger partial charge in [0, 0.05) is 12.1 Å². The van der Waals surface area contributed by atoms with Gasteiger partial charge in [0.05, 0.1) is 6.42 Å². The number of hydrogen-bond donors (Lipinski definition) is 3. The van der Waals surface area contributed by atoms with Crippen molar-refractivity contribution < 1.29 is 9.90 Å². The van der Waals surface area contributed by atoms with Gasteiger partial charge in [0.2, 0.25) is 5.91 Å². The number of aromatic hydroxyl groups is 1. The lowest BCUT2D eigenvalue weighted by Crippen LogP contribution is -2.49. The minimum Gasteiger partial charge on any atom is -0.508 e. The van der Waals surface area contributed by atoms with Crippen molar-refractivity contribution in [3.8, 4) is 5.75 Å². The average molecular weight is 248 g/mol. The fourth-order valence-electron chi connectivity index (χ4n) is 2.40. The Labute approximate surface area is 107 Å². The van der Waals surface area contributed by atoms with Crippen LogP contribution in [-0.2, 0) is 11.2 Å². The molecule has 0 aromatic heterocycles. The zero-order chi connectivity index (χ0) is 13.0. The lowest BCUT2D eigenvalue weighted by atomic mass is 9.91. The highest BCUT2D eigenvalue weighted by Crippen LogP contribution is 2.17. The Balaban J connectivity index is 1.86. The molecule has 2 rings (SSSR count). The quantitative estimate of drug-likeness (QED) is 0.755. The molecule has 0 saturated heterocycles. The molecule has 1 aliphatic rings. The van der Waals surface area contributed by atoms with Crippen LogP contribution >= 0.6 is 0 Å². The maximum absolute atomic E-state index is 11.9. The van der Waals surface area contributed by atoms with Gasteiger partial charge in [-0.1, -0.05) is 25.0 Å². The molecule has 4 heteroatoms. The number of phenols is 1. The normalized spacial score (nSPS) is 23.6. The fraction of sp³-hybridized carbons (Fsp3) is 0.500. The first-order valence-electron chi connectivity index (χ1n) is 6.48. The number of amides is 1. The Kier molecular flexibility index (Phi) is 4.20. The summed E-state index contributed by atoms with van der Waals surface area (Å²) >= 11 is 0. The van der Waals surface area contributed by atoms with Crippen LogP contribution in [-0.4, -0.2) is 23.1 Å². The van der Waals surface area contributed by atoms with Crippen LogP contribution in [0, 0.1) is 0 Å². The molecule has 0 heterocycles. The van der Waals surface area contributed by atoms with Crippen molar-refractivity contribution in [2.75, 3.05) is 0 Å². The summed E-state index contributed by atoms with van der Waals surface area (Å²) in [7, 11) is 0. The number of phenolic OH excluding ortho intramolecular Hbond substituents is 1. The second kappa shape index (κ2) is 5.87. The Morgan fingerprint density at radius 2 is 1.94 bits per heavy atom. The van der Waals surface area contributed by atoms with Crippen LogP contribution in [0.2, 0.25) is 0 Å². The van der Waals surface area contributed by atoms with Gasteiger partial charge in [-0.25, -0.2) is 0 Å². The summed E-state index contributed by atoms with van der Waals surface area (Å²) < 4.78 is 0. The molecule has 1 aliphatic carbocycles. The van der Waals surface area contributed by atoms with Crippen LogP contribution in [0.5, 0.6) is 5.75 Å². The molecule has 1 aromatic rings. The van der Waals surface area contributed by atoms with Crippen molar-refractivity contribution in [3.63, 3.8) is 0 Å². The van der Waals surface area contributed by atoms with E-state index < -0.39 is 0 Å². The minimum atomic E-state index is 0.00281. The number of nitrogens with one attached hydrogen (secondary N) is 1. The van der Waals surface area contributed by atoms with E-state index >= 15 is 0 Å². The van der Waals surface area contributed by atoms with E-state index in [9.17, 15) is 4.79 Å². The minimum absolute atomic E-state index is 0.00281. The molecule has 4 N–H and O–H groups in total. The molecule has 1 saturated carbocycles. The first-order valence-corrected chi connectivity index (χ1v) is 6.48. The van der Waals surface area contributed by atoms with Gasteiger partial charge in [0.1, 0.15) is 5.75 Å². The number of nitrogens with two attached hydrogens (primary N) is 1. The maximum atomic E-state index is 11.9. The van der Waals surface area contributed by atoms with E-state index in [1.807, 2.05) is 0 Å². The van der Waals surface area contributed by atoms with Crippen LogP contribution < -0.4 is 11.1 Å². The predicted octanol–water partition coefficient (Wildman–Crippen LogP) is 1.32. The van der Waals surface area contributed by atoms with Crippen LogP contribution in [0.1, 0.15) is 31.2 Å². The molecule has 0 bridgehead atoms. The van der Waals surface area contributed by atoms with Gasteiger partial charge in [0.25, 0.3) is 0 Å². The van der Waals surface area contributed by atoms with Crippen molar-refractivity contribution in [2.45, 2.75) is 44.2 Å². The van der Waals surface area contributed by atoms with Gasteiger partial charge in [-0.15, -0.1) is 0 Å². The average Bonchev–Trinajstić information content (AvgIpc) is 2.35. The van der Waals surface area contributed by atoms with Gasteiger partial charge < -0.3 is 16.2 Å². The molecule has 0 aliphatic heterocycles. The van der Waals surface area contributed by atoms with Gasteiger partial charge in [-0.3, -0.25) is 4.79 Å². The lowest BCUT2D eigenvalue weighted by Gasteiger charge is -2.29. The maximum Gasteiger partial charge on any atom is 0.224 e. The monoisotopic (exact) mass is 248 g/mol. The fourth-order valence-corrected chi connectivity index (χ4v) is 2.40. The number of benzene rings is 1. The van der Waals surface area contributed by atoms with Crippen molar-refractivity contribution in [1.29, 1.82) is 0 Å². The molecule has 1 fully saturated rings. The SMILES string of the molecule is NC1CCCCC1NC(=O)Cc1ccc(O)cc1. The van der Waals surface area contributed by atoms with Gasteiger partial charge in [-0.2, -0.15) is 0 Å². The smallest absolute Gasteiger partial charge is 0.224 e. The topological polar surface area (TPSA) is 75.3 Å². The second-order valence-corrected chi connectivity index (χ2v) is 4.97. The first-order chi connectivity index (χ1) is 8.65. The molecule has 1 aromatic carbocycles. The summed E-state index contributed by atoms with van der Waals surface area (Å²) in [5, 5.41) is 12.2. The zero-order valence-electron chi connectivity index (χ0n) is 10.4. The van der Waals surface area contributed by atoms with Gasteiger partial charge >= 0.3 is 0 Å². The Morgan fingerprint density at radius 3 is 2.61 bits per heavy atom. The molecule has 1 amide bonds. The lowest BCUT2D eigenvalue weighted by molar-refractivity contribution is -0.121. The van der Waals surface area contributed by atoms with E-state index in [4.69, 9.17) is 10.8 Å². The number of carbonyl (C=O) groups excluding carboxylic acids is 1. The standard InChI is InChI=1S/C14H20N2O2/c15-12-3-1-2-4-13(12)16-14(18)9-10-5-7-11(17)8-6-10/h5-8,12-13,17H,1-4,9,15H2,(H,16,18). The Bertz CT molecular complexity index is 403. The van der Waals surface area contributed by atoms with E-state index in [2.05, 4.69) is 5.32 Å². The molecule has 2 atom stereocenters. The molecule has 4 nitrogen and oxygen atoms in total. The molecular formula is C14H20N2O2. The molecule has 18 heavy (non-hydrogen) atoms. The zero-order valence-corrected chi connectivity index (χ0v) is 10.4. The number of carbonyl (C=O) groups is 1. The third-order valence-corrected chi connectivity index (χ3v) is 3.47. The van der Waals surface area contributed by atoms with Crippen LogP contribution in [0.4, 0.5) is 0 Å².